The number of ketones is 1. The number of carbonyl (C=O) groups is 2. The standard InChI is InChI=1S/C15H13NO4/c17-13-5-7-16(12-4-2-1-3-11(12)13)9-10-6-8-20-14(10)15(18)19/h1-4,6,8H,5,7,9H2,(H,18,19). The number of hydrogen-bond donors (Lipinski definition) is 1. The second-order valence-electron chi connectivity index (χ2n) is 4.69. The molecule has 1 aromatic carbocycles. The Balaban J connectivity index is 1.93. The molecule has 5 heteroatoms. The lowest BCUT2D eigenvalue weighted by molar-refractivity contribution is 0.0660. The number of carbonyl (C=O) groups excluding carboxylic acids is 1. The monoisotopic (exact) mass is 271 g/mol. The molecule has 0 spiro atoms. The van der Waals surface area contributed by atoms with E-state index in [-0.39, 0.29) is 11.5 Å². The summed E-state index contributed by atoms with van der Waals surface area (Å²) in [4.78, 5) is 24.9. The molecule has 1 aliphatic heterocycles. The molecule has 0 fully saturated rings. The molecule has 0 amide bonds. The maximum atomic E-state index is 11.9. The molecule has 0 radical (unpaired) electrons. The number of carboxylic acid groups (broad SMARTS) is 1. The van der Waals surface area contributed by atoms with Gasteiger partial charge in [-0.05, 0) is 18.2 Å². The summed E-state index contributed by atoms with van der Waals surface area (Å²) in [5.41, 5.74) is 2.15. The molecule has 102 valence electrons. The van der Waals surface area contributed by atoms with Crippen LogP contribution in [0.2, 0.25) is 0 Å². The third-order valence-corrected chi connectivity index (χ3v) is 3.46. The van der Waals surface area contributed by atoms with E-state index in [9.17, 15) is 9.59 Å². The van der Waals surface area contributed by atoms with E-state index in [0.29, 0.717) is 30.6 Å². The Kier molecular flexibility index (Phi) is 3.02. The molecular weight excluding hydrogens is 258 g/mol. The van der Waals surface area contributed by atoms with Crippen LogP contribution in [0.25, 0.3) is 0 Å². The highest BCUT2D eigenvalue weighted by Gasteiger charge is 2.24. The molecule has 0 saturated carbocycles. The van der Waals surface area contributed by atoms with Gasteiger partial charge in [0.15, 0.2) is 5.78 Å². The number of fused-ring (bicyclic) bond motifs is 1. The van der Waals surface area contributed by atoms with Gasteiger partial charge < -0.3 is 14.4 Å². The Bertz CT molecular complexity index is 674. The van der Waals surface area contributed by atoms with Gasteiger partial charge in [-0.25, -0.2) is 4.79 Å². The Morgan fingerprint density at radius 1 is 1.30 bits per heavy atom. The van der Waals surface area contributed by atoms with Gasteiger partial charge in [0.1, 0.15) is 0 Å². The van der Waals surface area contributed by atoms with Gasteiger partial charge in [-0.15, -0.1) is 0 Å². The maximum absolute atomic E-state index is 11.9. The minimum Gasteiger partial charge on any atom is -0.475 e. The van der Waals surface area contributed by atoms with Crippen LogP contribution in [0.3, 0.4) is 0 Å². The quantitative estimate of drug-likeness (QED) is 0.929. The zero-order valence-electron chi connectivity index (χ0n) is 10.7. The first-order valence-corrected chi connectivity index (χ1v) is 6.33. The number of aromatic carboxylic acids is 1. The zero-order chi connectivity index (χ0) is 14.1. The fourth-order valence-corrected chi connectivity index (χ4v) is 2.49. The number of para-hydroxylation sites is 1. The summed E-state index contributed by atoms with van der Waals surface area (Å²) in [6, 6.07) is 9.05. The van der Waals surface area contributed by atoms with Crippen molar-refractivity contribution in [3.63, 3.8) is 0 Å². The van der Waals surface area contributed by atoms with Crippen LogP contribution in [0.4, 0.5) is 5.69 Å². The number of anilines is 1. The van der Waals surface area contributed by atoms with Crippen LogP contribution in [-0.2, 0) is 6.54 Å². The minimum absolute atomic E-state index is 0.0422. The smallest absolute Gasteiger partial charge is 0.372 e. The normalized spacial score (nSPS) is 14.2. The number of nitrogens with zero attached hydrogens (tertiary/aromatic N) is 1. The van der Waals surface area contributed by atoms with Gasteiger partial charge in [0, 0.05) is 36.3 Å². The molecule has 0 aliphatic carbocycles. The van der Waals surface area contributed by atoms with Gasteiger partial charge in [-0.1, -0.05) is 12.1 Å². The molecule has 1 N–H and O–H groups in total. The van der Waals surface area contributed by atoms with Crippen LogP contribution in [0.15, 0.2) is 41.0 Å². The number of rotatable bonds is 3. The summed E-state index contributed by atoms with van der Waals surface area (Å²) in [6.45, 7) is 1.00. The van der Waals surface area contributed by atoms with Crippen molar-refractivity contribution >= 4 is 17.4 Å². The van der Waals surface area contributed by atoms with Crippen molar-refractivity contribution in [3.05, 3.63) is 53.5 Å². The van der Waals surface area contributed by atoms with E-state index in [4.69, 9.17) is 9.52 Å². The molecule has 0 saturated heterocycles. The molecule has 20 heavy (non-hydrogen) atoms. The van der Waals surface area contributed by atoms with Crippen molar-refractivity contribution in [1.82, 2.24) is 0 Å². The van der Waals surface area contributed by atoms with Gasteiger partial charge in [-0.3, -0.25) is 4.79 Å². The van der Waals surface area contributed by atoms with Crippen molar-refractivity contribution in [1.29, 1.82) is 0 Å². The minimum atomic E-state index is -1.08. The Morgan fingerprint density at radius 2 is 2.10 bits per heavy atom. The van der Waals surface area contributed by atoms with E-state index < -0.39 is 5.97 Å². The van der Waals surface area contributed by atoms with E-state index >= 15 is 0 Å². The lowest BCUT2D eigenvalue weighted by atomic mass is 10.00. The molecule has 2 heterocycles. The molecule has 5 nitrogen and oxygen atoms in total. The third-order valence-electron chi connectivity index (χ3n) is 3.46. The zero-order valence-corrected chi connectivity index (χ0v) is 10.7. The van der Waals surface area contributed by atoms with Crippen LogP contribution in [0.5, 0.6) is 0 Å². The molecule has 1 aromatic heterocycles. The largest absolute Gasteiger partial charge is 0.475 e. The Hall–Kier alpha value is -2.56. The van der Waals surface area contributed by atoms with Gasteiger partial charge >= 0.3 is 5.97 Å². The molecule has 3 rings (SSSR count). The van der Waals surface area contributed by atoms with E-state index in [1.54, 1.807) is 12.1 Å². The van der Waals surface area contributed by atoms with Gasteiger partial charge in [0.05, 0.1) is 6.26 Å². The summed E-state index contributed by atoms with van der Waals surface area (Å²) in [5, 5.41) is 9.05. The molecular formula is C15H13NO4. The van der Waals surface area contributed by atoms with E-state index in [2.05, 4.69) is 0 Å². The van der Waals surface area contributed by atoms with Gasteiger partial charge in [0.25, 0.3) is 0 Å². The fraction of sp³-hybridized carbons (Fsp3) is 0.200. The highest BCUT2D eigenvalue weighted by Crippen LogP contribution is 2.28. The van der Waals surface area contributed by atoms with Crippen molar-refractivity contribution < 1.29 is 19.1 Å². The van der Waals surface area contributed by atoms with Crippen LogP contribution < -0.4 is 4.90 Å². The van der Waals surface area contributed by atoms with E-state index in [1.165, 1.54) is 6.26 Å². The highest BCUT2D eigenvalue weighted by atomic mass is 16.4. The molecule has 0 bridgehead atoms. The van der Waals surface area contributed by atoms with Crippen LogP contribution in [-0.4, -0.2) is 23.4 Å². The van der Waals surface area contributed by atoms with Gasteiger partial charge in [-0.2, -0.15) is 0 Å². The van der Waals surface area contributed by atoms with Crippen molar-refractivity contribution in [2.24, 2.45) is 0 Å². The fourth-order valence-electron chi connectivity index (χ4n) is 2.49. The first-order chi connectivity index (χ1) is 9.66. The second kappa shape index (κ2) is 4.85. The molecule has 1 aliphatic rings. The average Bonchev–Trinajstić information content (AvgIpc) is 2.91. The molecule has 2 aromatic rings. The lowest BCUT2D eigenvalue weighted by Gasteiger charge is -2.30. The number of carboxylic acids is 1. The Labute approximate surface area is 115 Å². The summed E-state index contributed by atoms with van der Waals surface area (Å²) in [5.74, 6) is -0.992. The van der Waals surface area contributed by atoms with Crippen molar-refractivity contribution in [2.45, 2.75) is 13.0 Å². The average molecular weight is 271 g/mol. The second-order valence-corrected chi connectivity index (χ2v) is 4.69. The molecule has 0 atom stereocenters. The number of Topliss-reactive ketones (excluding diaryl/α,β-unsaturated/α-hetero) is 1. The third kappa shape index (κ3) is 2.07. The summed E-state index contributed by atoms with van der Waals surface area (Å²) in [7, 11) is 0. The summed E-state index contributed by atoms with van der Waals surface area (Å²) >= 11 is 0. The first kappa shape index (κ1) is 12.5. The van der Waals surface area contributed by atoms with E-state index in [1.807, 2.05) is 23.1 Å². The van der Waals surface area contributed by atoms with Crippen LogP contribution >= 0.6 is 0 Å². The van der Waals surface area contributed by atoms with Crippen LogP contribution in [0, 0.1) is 0 Å². The first-order valence-electron chi connectivity index (χ1n) is 6.33. The predicted octanol–water partition coefficient (Wildman–Crippen LogP) is 2.57. The number of furan rings is 1. The highest BCUT2D eigenvalue weighted by molar-refractivity contribution is 6.03. The van der Waals surface area contributed by atoms with Gasteiger partial charge in [0.2, 0.25) is 5.76 Å². The van der Waals surface area contributed by atoms with Crippen molar-refractivity contribution in [2.75, 3.05) is 11.4 Å². The lowest BCUT2D eigenvalue weighted by Crippen LogP contribution is -2.31. The van der Waals surface area contributed by atoms with Crippen LogP contribution in [0.1, 0.15) is 32.9 Å². The summed E-state index contributed by atoms with van der Waals surface area (Å²) < 4.78 is 4.98. The molecule has 0 unspecified atom stereocenters. The number of hydrogen-bond acceptors (Lipinski definition) is 4. The topological polar surface area (TPSA) is 70.8 Å². The summed E-state index contributed by atoms with van der Waals surface area (Å²) in [6.07, 6.45) is 1.82. The SMILES string of the molecule is O=C1CCN(Cc2ccoc2C(=O)O)c2ccccc21. The van der Waals surface area contributed by atoms with Crippen molar-refractivity contribution in [3.8, 4) is 0 Å². The van der Waals surface area contributed by atoms with E-state index in [0.717, 1.165) is 5.69 Å². The predicted molar refractivity (Wildman–Crippen MR) is 72.1 cm³/mol. The maximum Gasteiger partial charge on any atom is 0.372 e. The Morgan fingerprint density at radius 3 is 2.90 bits per heavy atom. The number of benzene rings is 1.